The molecule has 100 valence electrons. The van der Waals surface area contributed by atoms with Crippen LogP contribution in [0, 0.1) is 5.82 Å². The third-order valence-corrected chi connectivity index (χ3v) is 2.88. The molecule has 0 radical (unpaired) electrons. The molecule has 0 amide bonds. The number of hydrogen-bond donors (Lipinski definition) is 1. The third kappa shape index (κ3) is 3.09. The standard InChI is InChI=1S/C15H17FN2O/c1-3-17-10-11-9-12(16)6-7-13(11)15-14(19-2)5-4-8-18-15/h4-9,17H,3,10H2,1-2H3. The number of methoxy groups -OCH3 is 1. The average molecular weight is 260 g/mol. The fourth-order valence-corrected chi connectivity index (χ4v) is 1.96. The van der Waals surface area contributed by atoms with Crippen LogP contribution in [0.4, 0.5) is 4.39 Å². The smallest absolute Gasteiger partial charge is 0.145 e. The van der Waals surface area contributed by atoms with E-state index in [4.69, 9.17) is 4.74 Å². The van der Waals surface area contributed by atoms with Crippen molar-refractivity contribution in [3.05, 3.63) is 47.9 Å². The summed E-state index contributed by atoms with van der Waals surface area (Å²) in [4.78, 5) is 4.34. The molecule has 0 fully saturated rings. The Hall–Kier alpha value is -1.94. The van der Waals surface area contributed by atoms with Crippen molar-refractivity contribution in [3.63, 3.8) is 0 Å². The summed E-state index contributed by atoms with van der Waals surface area (Å²) in [6.07, 6.45) is 1.71. The largest absolute Gasteiger partial charge is 0.494 e. The molecule has 0 aliphatic rings. The number of hydrogen-bond acceptors (Lipinski definition) is 3. The van der Waals surface area contributed by atoms with Gasteiger partial charge in [-0.2, -0.15) is 0 Å². The Labute approximate surface area is 112 Å². The number of halogens is 1. The maximum Gasteiger partial charge on any atom is 0.145 e. The minimum Gasteiger partial charge on any atom is -0.494 e. The van der Waals surface area contributed by atoms with Crippen molar-refractivity contribution >= 4 is 0 Å². The quantitative estimate of drug-likeness (QED) is 0.897. The molecule has 4 heteroatoms. The molecule has 2 aromatic rings. The van der Waals surface area contributed by atoms with Crippen LogP contribution in [-0.2, 0) is 6.54 Å². The summed E-state index contributed by atoms with van der Waals surface area (Å²) in [5, 5.41) is 3.20. The zero-order valence-corrected chi connectivity index (χ0v) is 11.1. The van der Waals surface area contributed by atoms with Crippen molar-refractivity contribution in [2.75, 3.05) is 13.7 Å². The Morgan fingerprint density at radius 3 is 2.89 bits per heavy atom. The first-order valence-corrected chi connectivity index (χ1v) is 6.24. The zero-order valence-electron chi connectivity index (χ0n) is 11.1. The molecular formula is C15H17FN2O. The maximum atomic E-state index is 13.4. The van der Waals surface area contributed by atoms with Crippen LogP contribution in [0.2, 0.25) is 0 Å². The molecule has 0 aliphatic carbocycles. The van der Waals surface area contributed by atoms with Crippen molar-refractivity contribution in [2.45, 2.75) is 13.5 Å². The van der Waals surface area contributed by atoms with Crippen LogP contribution < -0.4 is 10.1 Å². The lowest BCUT2D eigenvalue weighted by Gasteiger charge is -2.12. The van der Waals surface area contributed by atoms with Gasteiger partial charge in [0, 0.05) is 18.3 Å². The lowest BCUT2D eigenvalue weighted by atomic mass is 10.0. The average Bonchev–Trinajstić information content (AvgIpc) is 2.45. The van der Waals surface area contributed by atoms with E-state index in [1.807, 2.05) is 19.1 Å². The summed E-state index contributed by atoms with van der Waals surface area (Å²) in [6, 6.07) is 8.39. The predicted octanol–water partition coefficient (Wildman–Crippen LogP) is 3.01. The molecule has 0 saturated heterocycles. The van der Waals surface area contributed by atoms with E-state index in [9.17, 15) is 4.39 Å². The minimum absolute atomic E-state index is 0.244. The Morgan fingerprint density at radius 2 is 2.16 bits per heavy atom. The fourth-order valence-electron chi connectivity index (χ4n) is 1.96. The molecule has 0 aliphatic heterocycles. The molecular weight excluding hydrogens is 243 g/mol. The topological polar surface area (TPSA) is 34.2 Å². The molecule has 0 atom stereocenters. The normalized spacial score (nSPS) is 10.5. The molecule has 0 bridgehead atoms. The lowest BCUT2D eigenvalue weighted by molar-refractivity contribution is 0.414. The second-order valence-electron chi connectivity index (χ2n) is 4.14. The number of nitrogens with one attached hydrogen (secondary N) is 1. The Morgan fingerprint density at radius 1 is 1.32 bits per heavy atom. The van der Waals surface area contributed by atoms with Crippen LogP contribution in [0.3, 0.4) is 0 Å². The second kappa shape index (κ2) is 6.29. The molecule has 1 N–H and O–H groups in total. The van der Waals surface area contributed by atoms with Crippen LogP contribution in [-0.4, -0.2) is 18.6 Å². The van der Waals surface area contributed by atoms with Gasteiger partial charge in [-0.25, -0.2) is 4.39 Å². The number of nitrogens with zero attached hydrogens (tertiary/aromatic N) is 1. The van der Waals surface area contributed by atoms with Gasteiger partial charge in [0.15, 0.2) is 0 Å². The van der Waals surface area contributed by atoms with E-state index in [0.717, 1.165) is 23.4 Å². The molecule has 19 heavy (non-hydrogen) atoms. The van der Waals surface area contributed by atoms with Crippen molar-refractivity contribution in [1.82, 2.24) is 10.3 Å². The van der Waals surface area contributed by atoms with Crippen molar-refractivity contribution in [2.24, 2.45) is 0 Å². The summed E-state index contributed by atoms with van der Waals surface area (Å²) in [5.41, 5.74) is 2.50. The van der Waals surface area contributed by atoms with E-state index in [1.54, 1.807) is 19.4 Å². The monoisotopic (exact) mass is 260 g/mol. The third-order valence-electron chi connectivity index (χ3n) is 2.88. The highest BCUT2D eigenvalue weighted by Crippen LogP contribution is 2.30. The van der Waals surface area contributed by atoms with Gasteiger partial charge in [-0.15, -0.1) is 0 Å². The SMILES string of the molecule is CCNCc1cc(F)ccc1-c1ncccc1OC. The summed E-state index contributed by atoms with van der Waals surface area (Å²) in [6.45, 7) is 3.44. The van der Waals surface area contributed by atoms with E-state index < -0.39 is 0 Å². The lowest BCUT2D eigenvalue weighted by Crippen LogP contribution is -2.13. The summed E-state index contributed by atoms with van der Waals surface area (Å²) in [7, 11) is 1.61. The van der Waals surface area contributed by atoms with Crippen LogP contribution in [0.5, 0.6) is 5.75 Å². The molecule has 0 spiro atoms. The highest BCUT2D eigenvalue weighted by atomic mass is 19.1. The molecule has 0 unspecified atom stereocenters. The van der Waals surface area contributed by atoms with Crippen LogP contribution in [0.15, 0.2) is 36.5 Å². The summed E-state index contributed by atoms with van der Waals surface area (Å²) < 4.78 is 18.7. The van der Waals surface area contributed by atoms with Crippen molar-refractivity contribution in [1.29, 1.82) is 0 Å². The summed E-state index contributed by atoms with van der Waals surface area (Å²) >= 11 is 0. The number of benzene rings is 1. The molecule has 0 saturated carbocycles. The maximum absolute atomic E-state index is 13.4. The molecule has 3 nitrogen and oxygen atoms in total. The van der Waals surface area contributed by atoms with Crippen LogP contribution in [0.25, 0.3) is 11.3 Å². The van der Waals surface area contributed by atoms with Gasteiger partial charge in [-0.1, -0.05) is 6.92 Å². The van der Waals surface area contributed by atoms with Gasteiger partial charge in [-0.3, -0.25) is 4.98 Å². The molecule has 2 rings (SSSR count). The first-order chi connectivity index (χ1) is 9.26. The van der Waals surface area contributed by atoms with Crippen molar-refractivity contribution < 1.29 is 9.13 Å². The Balaban J connectivity index is 2.48. The molecule has 1 aromatic carbocycles. The molecule has 1 heterocycles. The Kier molecular flexibility index (Phi) is 4.47. The van der Waals surface area contributed by atoms with E-state index >= 15 is 0 Å². The molecule has 1 aromatic heterocycles. The first kappa shape index (κ1) is 13.5. The number of aromatic nitrogens is 1. The number of rotatable bonds is 5. The van der Waals surface area contributed by atoms with E-state index in [2.05, 4.69) is 10.3 Å². The first-order valence-electron chi connectivity index (χ1n) is 6.24. The van der Waals surface area contributed by atoms with E-state index in [0.29, 0.717) is 12.3 Å². The van der Waals surface area contributed by atoms with Gasteiger partial charge in [-0.05, 0) is 42.4 Å². The highest BCUT2D eigenvalue weighted by molar-refractivity contribution is 5.69. The highest BCUT2D eigenvalue weighted by Gasteiger charge is 2.12. The summed E-state index contributed by atoms with van der Waals surface area (Å²) in [5.74, 6) is 0.443. The minimum atomic E-state index is -0.244. The van der Waals surface area contributed by atoms with E-state index in [-0.39, 0.29) is 5.82 Å². The zero-order chi connectivity index (χ0) is 13.7. The number of ether oxygens (including phenoxy) is 1. The Bertz CT molecular complexity index is 558. The van der Waals surface area contributed by atoms with Gasteiger partial charge >= 0.3 is 0 Å². The van der Waals surface area contributed by atoms with E-state index in [1.165, 1.54) is 12.1 Å². The van der Waals surface area contributed by atoms with Gasteiger partial charge in [0.1, 0.15) is 17.3 Å². The van der Waals surface area contributed by atoms with Crippen molar-refractivity contribution in [3.8, 4) is 17.0 Å². The predicted molar refractivity (Wildman–Crippen MR) is 73.6 cm³/mol. The van der Waals surface area contributed by atoms with Gasteiger partial charge < -0.3 is 10.1 Å². The second-order valence-corrected chi connectivity index (χ2v) is 4.14. The number of pyridine rings is 1. The van der Waals surface area contributed by atoms with Gasteiger partial charge in [0.05, 0.1) is 7.11 Å². The van der Waals surface area contributed by atoms with Gasteiger partial charge in [0.25, 0.3) is 0 Å². The van der Waals surface area contributed by atoms with Crippen LogP contribution >= 0.6 is 0 Å². The van der Waals surface area contributed by atoms with Crippen LogP contribution in [0.1, 0.15) is 12.5 Å². The fraction of sp³-hybridized carbons (Fsp3) is 0.267. The van der Waals surface area contributed by atoms with Gasteiger partial charge in [0.2, 0.25) is 0 Å².